The molecule has 1 atom stereocenters. The fraction of sp³-hybridized carbons (Fsp3) is 0.231. The SMILES string of the molecule is CC(NCc1ccncn1)c1cc(Br)ccc1F. The van der Waals surface area contributed by atoms with Gasteiger partial charge in [0, 0.05) is 28.8 Å². The summed E-state index contributed by atoms with van der Waals surface area (Å²) in [6.07, 6.45) is 3.19. The van der Waals surface area contributed by atoms with E-state index in [1.165, 1.54) is 12.4 Å². The van der Waals surface area contributed by atoms with E-state index in [4.69, 9.17) is 0 Å². The molecule has 2 aromatic rings. The molecule has 0 aliphatic rings. The number of benzene rings is 1. The normalized spacial score (nSPS) is 12.4. The van der Waals surface area contributed by atoms with Crippen molar-refractivity contribution in [2.45, 2.75) is 19.5 Å². The van der Waals surface area contributed by atoms with E-state index in [0.717, 1.165) is 10.2 Å². The Morgan fingerprint density at radius 3 is 2.94 bits per heavy atom. The molecule has 0 amide bonds. The lowest BCUT2D eigenvalue weighted by Gasteiger charge is -2.15. The molecule has 1 N–H and O–H groups in total. The van der Waals surface area contributed by atoms with E-state index in [1.807, 2.05) is 13.0 Å². The third-order valence-corrected chi connectivity index (χ3v) is 3.15. The molecule has 18 heavy (non-hydrogen) atoms. The van der Waals surface area contributed by atoms with Crippen molar-refractivity contribution < 1.29 is 4.39 Å². The first-order valence-corrected chi connectivity index (χ1v) is 6.39. The molecular weight excluding hydrogens is 297 g/mol. The van der Waals surface area contributed by atoms with Gasteiger partial charge in [-0.25, -0.2) is 14.4 Å². The first-order valence-electron chi connectivity index (χ1n) is 5.60. The van der Waals surface area contributed by atoms with Crippen molar-refractivity contribution >= 4 is 15.9 Å². The van der Waals surface area contributed by atoms with Crippen LogP contribution in [0.1, 0.15) is 24.2 Å². The summed E-state index contributed by atoms with van der Waals surface area (Å²) in [5, 5.41) is 3.23. The summed E-state index contributed by atoms with van der Waals surface area (Å²) >= 11 is 3.35. The van der Waals surface area contributed by atoms with Gasteiger partial charge in [0.25, 0.3) is 0 Å². The van der Waals surface area contributed by atoms with Gasteiger partial charge in [-0.3, -0.25) is 0 Å². The summed E-state index contributed by atoms with van der Waals surface area (Å²) in [4.78, 5) is 7.96. The van der Waals surface area contributed by atoms with Crippen molar-refractivity contribution in [1.82, 2.24) is 15.3 Å². The maximum absolute atomic E-state index is 13.7. The molecule has 0 saturated carbocycles. The van der Waals surface area contributed by atoms with Gasteiger partial charge in [0.05, 0.1) is 5.69 Å². The van der Waals surface area contributed by atoms with Crippen LogP contribution in [0.15, 0.2) is 41.3 Å². The van der Waals surface area contributed by atoms with Gasteiger partial charge in [0.15, 0.2) is 0 Å². The zero-order chi connectivity index (χ0) is 13.0. The fourth-order valence-corrected chi connectivity index (χ4v) is 2.02. The molecule has 1 aromatic carbocycles. The lowest BCUT2D eigenvalue weighted by atomic mass is 10.1. The molecule has 0 bridgehead atoms. The standard InChI is InChI=1S/C13H13BrFN3/c1-9(12-6-10(14)2-3-13(12)15)17-7-11-4-5-16-8-18-11/h2-6,8-9,17H,7H2,1H3. The summed E-state index contributed by atoms with van der Waals surface area (Å²) in [5.41, 5.74) is 1.52. The molecule has 0 aliphatic heterocycles. The van der Waals surface area contributed by atoms with Crippen LogP contribution in [0.2, 0.25) is 0 Å². The second-order valence-corrected chi connectivity index (χ2v) is 4.88. The van der Waals surface area contributed by atoms with Crippen LogP contribution in [-0.4, -0.2) is 9.97 Å². The minimum atomic E-state index is -0.208. The Morgan fingerprint density at radius 2 is 2.22 bits per heavy atom. The van der Waals surface area contributed by atoms with Crippen LogP contribution >= 0.6 is 15.9 Å². The van der Waals surface area contributed by atoms with Gasteiger partial charge < -0.3 is 5.32 Å². The van der Waals surface area contributed by atoms with E-state index < -0.39 is 0 Å². The summed E-state index contributed by atoms with van der Waals surface area (Å²) in [5.74, 6) is -0.208. The molecule has 0 radical (unpaired) electrons. The van der Waals surface area contributed by atoms with Crippen LogP contribution < -0.4 is 5.32 Å². The van der Waals surface area contributed by atoms with Gasteiger partial charge in [0.2, 0.25) is 0 Å². The molecule has 1 aromatic heterocycles. The number of halogens is 2. The van der Waals surface area contributed by atoms with E-state index in [2.05, 4.69) is 31.2 Å². The number of aromatic nitrogens is 2. The Bertz CT molecular complexity index is 519. The molecule has 2 rings (SSSR count). The largest absolute Gasteiger partial charge is 0.304 e. The van der Waals surface area contributed by atoms with Gasteiger partial charge in [-0.05, 0) is 31.2 Å². The minimum Gasteiger partial charge on any atom is -0.304 e. The van der Waals surface area contributed by atoms with Crippen LogP contribution in [0, 0.1) is 5.82 Å². The van der Waals surface area contributed by atoms with Crippen molar-refractivity contribution in [3.05, 3.63) is 58.3 Å². The van der Waals surface area contributed by atoms with Crippen molar-refractivity contribution in [3.63, 3.8) is 0 Å². The number of rotatable bonds is 4. The van der Waals surface area contributed by atoms with Gasteiger partial charge in [-0.2, -0.15) is 0 Å². The van der Waals surface area contributed by atoms with Crippen LogP contribution in [0.4, 0.5) is 4.39 Å². The Morgan fingerprint density at radius 1 is 1.39 bits per heavy atom. The molecular formula is C13H13BrFN3. The van der Waals surface area contributed by atoms with Gasteiger partial charge >= 0.3 is 0 Å². The Labute approximate surface area is 114 Å². The molecule has 0 aliphatic carbocycles. The van der Waals surface area contributed by atoms with Gasteiger partial charge in [0.1, 0.15) is 12.1 Å². The lowest BCUT2D eigenvalue weighted by molar-refractivity contribution is 0.524. The first kappa shape index (κ1) is 13.1. The van der Waals surface area contributed by atoms with Crippen LogP contribution in [0.25, 0.3) is 0 Å². The van der Waals surface area contributed by atoms with E-state index in [0.29, 0.717) is 12.1 Å². The highest BCUT2D eigenvalue weighted by molar-refractivity contribution is 9.10. The van der Waals surface area contributed by atoms with E-state index >= 15 is 0 Å². The maximum atomic E-state index is 13.7. The van der Waals surface area contributed by atoms with Gasteiger partial charge in [-0.15, -0.1) is 0 Å². The summed E-state index contributed by atoms with van der Waals surface area (Å²) < 4.78 is 14.5. The third kappa shape index (κ3) is 3.34. The number of hydrogen-bond acceptors (Lipinski definition) is 3. The summed E-state index contributed by atoms with van der Waals surface area (Å²) in [6, 6.07) is 6.68. The Balaban J connectivity index is 2.03. The average Bonchev–Trinajstić information content (AvgIpc) is 2.40. The quantitative estimate of drug-likeness (QED) is 0.942. The van der Waals surface area contributed by atoms with Crippen molar-refractivity contribution in [2.24, 2.45) is 0 Å². The van der Waals surface area contributed by atoms with E-state index in [-0.39, 0.29) is 11.9 Å². The minimum absolute atomic E-state index is 0.0857. The van der Waals surface area contributed by atoms with Crippen LogP contribution in [0.3, 0.4) is 0 Å². The molecule has 0 saturated heterocycles. The molecule has 3 nitrogen and oxygen atoms in total. The summed E-state index contributed by atoms with van der Waals surface area (Å²) in [7, 11) is 0. The molecule has 0 fully saturated rings. The van der Waals surface area contributed by atoms with E-state index in [1.54, 1.807) is 18.3 Å². The predicted molar refractivity (Wildman–Crippen MR) is 71.4 cm³/mol. The topological polar surface area (TPSA) is 37.8 Å². The van der Waals surface area contributed by atoms with Crippen LogP contribution in [-0.2, 0) is 6.54 Å². The number of nitrogens with one attached hydrogen (secondary N) is 1. The van der Waals surface area contributed by atoms with Crippen molar-refractivity contribution in [1.29, 1.82) is 0 Å². The molecule has 1 heterocycles. The Kier molecular flexibility index (Phi) is 4.38. The highest BCUT2D eigenvalue weighted by Crippen LogP contribution is 2.21. The Hall–Kier alpha value is -1.33. The zero-order valence-electron chi connectivity index (χ0n) is 9.90. The maximum Gasteiger partial charge on any atom is 0.128 e. The average molecular weight is 310 g/mol. The molecule has 5 heteroatoms. The van der Waals surface area contributed by atoms with E-state index in [9.17, 15) is 4.39 Å². The highest BCUT2D eigenvalue weighted by atomic mass is 79.9. The molecule has 1 unspecified atom stereocenters. The molecule has 94 valence electrons. The second kappa shape index (κ2) is 6.02. The first-order chi connectivity index (χ1) is 8.66. The van der Waals surface area contributed by atoms with Crippen molar-refractivity contribution in [3.8, 4) is 0 Å². The number of hydrogen-bond donors (Lipinski definition) is 1. The monoisotopic (exact) mass is 309 g/mol. The molecule has 0 spiro atoms. The lowest BCUT2D eigenvalue weighted by Crippen LogP contribution is -2.19. The zero-order valence-corrected chi connectivity index (χ0v) is 11.5. The third-order valence-electron chi connectivity index (χ3n) is 2.66. The predicted octanol–water partition coefficient (Wildman–Crippen LogP) is 3.23. The second-order valence-electron chi connectivity index (χ2n) is 3.97. The fourth-order valence-electron chi connectivity index (χ4n) is 1.64. The smallest absolute Gasteiger partial charge is 0.128 e. The van der Waals surface area contributed by atoms with Crippen molar-refractivity contribution in [2.75, 3.05) is 0 Å². The summed E-state index contributed by atoms with van der Waals surface area (Å²) in [6.45, 7) is 2.50. The van der Waals surface area contributed by atoms with Crippen LogP contribution in [0.5, 0.6) is 0 Å². The van der Waals surface area contributed by atoms with Gasteiger partial charge in [-0.1, -0.05) is 15.9 Å². The highest BCUT2D eigenvalue weighted by Gasteiger charge is 2.11. The number of nitrogens with zero attached hydrogens (tertiary/aromatic N) is 2.